The highest BCUT2D eigenvalue weighted by Gasteiger charge is 2.32. The number of rotatable bonds is 7. The molecule has 6 heteroatoms. The number of sulfonamides is 1. The van der Waals surface area contributed by atoms with E-state index in [4.69, 9.17) is 10.5 Å². The summed E-state index contributed by atoms with van der Waals surface area (Å²) in [5.41, 5.74) is 5.43. The van der Waals surface area contributed by atoms with Crippen LogP contribution >= 0.6 is 0 Å². The van der Waals surface area contributed by atoms with E-state index in [1.807, 2.05) is 0 Å². The highest BCUT2D eigenvalue weighted by molar-refractivity contribution is 7.89. The molecule has 1 rings (SSSR count). The van der Waals surface area contributed by atoms with Gasteiger partial charge in [-0.25, -0.2) is 8.42 Å². The number of hydrogen-bond acceptors (Lipinski definition) is 4. The monoisotopic (exact) mass is 236 g/mol. The van der Waals surface area contributed by atoms with E-state index in [-0.39, 0.29) is 18.4 Å². The first kappa shape index (κ1) is 12.9. The van der Waals surface area contributed by atoms with Crippen LogP contribution in [0.5, 0.6) is 0 Å². The molecule has 1 fully saturated rings. The molecule has 2 N–H and O–H groups in total. The Labute approximate surface area is 91.6 Å². The largest absolute Gasteiger partial charge is 0.384 e. The summed E-state index contributed by atoms with van der Waals surface area (Å²) in [7, 11) is -1.67. The molecule has 0 unspecified atom stereocenters. The van der Waals surface area contributed by atoms with Gasteiger partial charge >= 0.3 is 0 Å². The fourth-order valence-corrected chi connectivity index (χ4v) is 3.32. The van der Waals surface area contributed by atoms with Crippen LogP contribution in [0.4, 0.5) is 0 Å². The van der Waals surface area contributed by atoms with E-state index in [0.29, 0.717) is 13.1 Å². The summed E-state index contributed by atoms with van der Waals surface area (Å²) in [5.74, 6) is 0.0556. The Kier molecular flexibility index (Phi) is 4.98. The molecule has 0 radical (unpaired) electrons. The zero-order chi connectivity index (χ0) is 11.3. The van der Waals surface area contributed by atoms with Gasteiger partial charge in [-0.1, -0.05) is 6.42 Å². The minimum absolute atomic E-state index is 0.0556. The molecule has 0 aromatic heterocycles. The van der Waals surface area contributed by atoms with E-state index in [1.54, 1.807) is 4.31 Å². The van der Waals surface area contributed by atoms with Crippen molar-refractivity contribution in [2.75, 3.05) is 32.6 Å². The fourth-order valence-electron chi connectivity index (χ4n) is 1.66. The zero-order valence-corrected chi connectivity index (χ0v) is 10.0. The summed E-state index contributed by atoms with van der Waals surface area (Å²) in [4.78, 5) is 0. The van der Waals surface area contributed by atoms with E-state index in [2.05, 4.69) is 0 Å². The van der Waals surface area contributed by atoms with Crippen molar-refractivity contribution in [1.29, 1.82) is 0 Å². The molecule has 15 heavy (non-hydrogen) atoms. The van der Waals surface area contributed by atoms with Gasteiger partial charge in [0.25, 0.3) is 0 Å². The first-order valence-electron chi connectivity index (χ1n) is 5.30. The molecule has 0 spiro atoms. The highest BCUT2D eigenvalue weighted by atomic mass is 32.2. The third kappa shape index (κ3) is 3.41. The van der Waals surface area contributed by atoms with Crippen molar-refractivity contribution >= 4 is 10.0 Å². The zero-order valence-electron chi connectivity index (χ0n) is 9.18. The normalized spacial score (nSPS) is 18.1. The average Bonchev–Trinajstić information content (AvgIpc) is 2.11. The minimum atomic E-state index is -3.18. The van der Waals surface area contributed by atoms with Crippen LogP contribution in [0, 0.1) is 0 Å². The Bertz CT molecular complexity index is 275. The lowest BCUT2D eigenvalue weighted by Crippen LogP contribution is -2.47. The van der Waals surface area contributed by atoms with Crippen LogP contribution in [0.1, 0.15) is 19.3 Å². The van der Waals surface area contributed by atoms with Gasteiger partial charge in [-0.3, -0.25) is 0 Å². The Balaban J connectivity index is 2.60. The van der Waals surface area contributed by atoms with Gasteiger partial charge in [-0.05, 0) is 12.8 Å². The van der Waals surface area contributed by atoms with Gasteiger partial charge < -0.3 is 10.5 Å². The minimum Gasteiger partial charge on any atom is -0.384 e. The number of ether oxygens (including phenoxy) is 1. The molecule has 0 saturated heterocycles. The van der Waals surface area contributed by atoms with E-state index in [0.717, 1.165) is 19.3 Å². The molecule has 0 aliphatic heterocycles. The Morgan fingerprint density at radius 3 is 2.53 bits per heavy atom. The van der Waals surface area contributed by atoms with Crippen LogP contribution in [0.15, 0.2) is 0 Å². The van der Waals surface area contributed by atoms with Gasteiger partial charge in [0.1, 0.15) is 0 Å². The lowest BCUT2D eigenvalue weighted by atomic mass is 9.93. The van der Waals surface area contributed by atoms with Crippen molar-refractivity contribution in [3.05, 3.63) is 0 Å². The maximum Gasteiger partial charge on any atom is 0.216 e. The van der Waals surface area contributed by atoms with Gasteiger partial charge in [0.05, 0.1) is 12.4 Å². The lowest BCUT2D eigenvalue weighted by Gasteiger charge is -2.36. The highest BCUT2D eigenvalue weighted by Crippen LogP contribution is 2.26. The number of methoxy groups -OCH3 is 1. The first-order valence-corrected chi connectivity index (χ1v) is 6.91. The third-order valence-corrected chi connectivity index (χ3v) is 4.61. The predicted octanol–water partition coefficient (Wildman–Crippen LogP) is -0.224. The SMILES string of the molecule is COCCS(=O)(=O)N(CCN)C1CCC1. The standard InChI is InChI=1S/C9H20N2O3S/c1-14-7-8-15(12,13)11(6-5-10)9-3-2-4-9/h9H,2-8,10H2,1H3. The topological polar surface area (TPSA) is 72.6 Å². The van der Waals surface area contributed by atoms with Crippen LogP contribution in [-0.2, 0) is 14.8 Å². The molecule has 0 bridgehead atoms. The second-order valence-electron chi connectivity index (χ2n) is 3.79. The van der Waals surface area contributed by atoms with Gasteiger partial charge in [-0.2, -0.15) is 4.31 Å². The molecular weight excluding hydrogens is 216 g/mol. The summed E-state index contributed by atoms with van der Waals surface area (Å²) in [6.07, 6.45) is 3.05. The van der Waals surface area contributed by atoms with Gasteiger partial charge in [-0.15, -0.1) is 0 Å². The second-order valence-corrected chi connectivity index (χ2v) is 5.83. The molecule has 5 nitrogen and oxygen atoms in total. The Hall–Kier alpha value is -0.170. The van der Waals surface area contributed by atoms with Crippen LogP contribution in [0.3, 0.4) is 0 Å². The number of nitrogens with two attached hydrogens (primary N) is 1. The smallest absolute Gasteiger partial charge is 0.216 e. The lowest BCUT2D eigenvalue weighted by molar-refractivity contribution is 0.204. The van der Waals surface area contributed by atoms with Crippen LogP contribution < -0.4 is 5.73 Å². The van der Waals surface area contributed by atoms with Gasteiger partial charge in [0.15, 0.2) is 0 Å². The molecule has 1 aliphatic carbocycles. The van der Waals surface area contributed by atoms with E-state index in [1.165, 1.54) is 7.11 Å². The molecule has 0 atom stereocenters. The van der Waals surface area contributed by atoms with Crippen molar-refractivity contribution in [2.24, 2.45) is 5.73 Å². The van der Waals surface area contributed by atoms with E-state index in [9.17, 15) is 8.42 Å². The number of hydrogen-bond donors (Lipinski definition) is 1. The molecule has 90 valence electrons. The number of nitrogens with zero attached hydrogens (tertiary/aromatic N) is 1. The molecule has 0 heterocycles. The summed E-state index contributed by atoms with van der Waals surface area (Å²) >= 11 is 0. The van der Waals surface area contributed by atoms with Crippen molar-refractivity contribution in [3.8, 4) is 0 Å². The van der Waals surface area contributed by atoms with Crippen molar-refractivity contribution in [3.63, 3.8) is 0 Å². The molecule has 1 aliphatic rings. The van der Waals surface area contributed by atoms with E-state index >= 15 is 0 Å². The Morgan fingerprint density at radius 2 is 2.13 bits per heavy atom. The Morgan fingerprint density at radius 1 is 1.47 bits per heavy atom. The van der Waals surface area contributed by atoms with E-state index < -0.39 is 10.0 Å². The fraction of sp³-hybridized carbons (Fsp3) is 1.00. The van der Waals surface area contributed by atoms with Crippen LogP contribution in [-0.4, -0.2) is 51.3 Å². The third-order valence-electron chi connectivity index (χ3n) is 2.73. The second kappa shape index (κ2) is 5.79. The predicted molar refractivity (Wildman–Crippen MR) is 59.1 cm³/mol. The molecule has 0 aromatic rings. The first-order chi connectivity index (χ1) is 7.11. The average molecular weight is 236 g/mol. The van der Waals surface area contributed by atoms with Gasteiger partial charge in [0.2, 0.25) is 10.0 Å². The summed E-state index contributed by atoms with van der Waals surface area (Å²) in [6.45, 7) is 1.05. The summed E-state index contributed by atoms with van der Waals surface area (Å²) in [5, 5.41) is 0. The molecule has 0 amide bonds. The molecule has 0 aromatic carbocycles. The van der Waals surface area contributed by atoms with Gasteiger partial charge in [0, 0.05) is 26.2 Å². The maximum atomic E-state index is 11.9. The molecule has 1 saturated carbocycles. The van der Waals surface area contributed by atoms with Crippen molar-refractivity contribution in [2.45, 2.75) is 25.3 Å². The maximum absolute atomic E-state index is 11.9. The summed E-state index contributed by atoms with van der Waals surface area (Å²) < 4.78 is 30.2. The van der Waals surface area contributed by atoms with Crippen molar-refractivity contribution < 1.29 is 13.2 Å². The summed E-state index contributed by atoms with van der Waals surface area (Å²) in [6, 6.07) is 0.176. The quantitative estimate of drug-likeness (QED) is 0.663. The molecular formula is C9H20N2O3S. The van der Waals surface area contributed by atoms with Crippen LogP contribution in [0.2, 0.25) is 0 Å². The van der Waals surface area contributed by atoms with Crippen molar-refractivity contribution in [1.82, 2.24) is 4.31 Å². The van der Waals surface area contributed by atoms with Crippen LogP contribution in [0.25, 0.3) is 0 Å².